The Morgan fingerprint density at radius 1 is 1.50 bits per heavy atom. The number of carboxylic acid groups (broad SMARTS) is 1. The number of aromatic nitrogens is 2. The molecule has 6 nitrogen and oxygen atoms in total. The lowest BCUT2D eigenvalue weighted by Crippen LogP contribution is -2.28. The molecule has 0 atom stereocenters. The number of carbonyl (C=O) groups excluding carboxylic acids is 1. The molecule has 1 heterocycles. The molecule has 0 fully saturated rings. The van der Waals surface area contributed by atoms with Crippen LogP contribution in [-0.4, -0.2) is 45.3 Å². The number of hydrogen-bond donors (Lipinski definition) is 1. The molecule has 0 aromatic carbocycles. The molecule has 1 rings (SSSR count). The van der Waals surface area contributed by atoms with Gasteiger partial charge in [0.05, 0.1) is 18.2 Å². The van der Waals surface area contributed by atoms with Crippen molar-refractivity contribution >= 4 is 11.9 Å². The first-order valence-electron chi connectivity index (χ1n) is 5.90. The van der Waals surface area contributed by atoms with E-state index in [4.69, 9.17) is 5.11 Å². The second kappa shape index (κ2) is 6.18. The molecular weight excluding hydrogens is 234 g/mol. The molecule has 6 heteroatoms. The molecule has 0 aliphatic carbocycles. The zero-order valence-electron chi connectivity index (χ0n) is 11.0. The van der Waals surface area contributed by atoms with Gasteiger partial charge in [0.25, 0.3) is 5.91 Å². The fourth-order valence-corrected chi connectivity index (χ4v) is 1.53. The molecule has 0 bridgehead atoms. The maximum atomic E-state index is 11.9. The van der Waals surface area contributed by atoms with E-state index in [1.54, 1.807) is 17.9 Å². The number of rotatable bonds is 6. The average molecular weight is 253 g/mol. The van der Waals surface area contributed by atoms with Crippen LogP contribution >= 0.6 is 0 Å². The molecule has 0 saturated carbocycles. The third-order valence-electron chi connectivity index (χ3n) is 2.44. The first-order valence-corrected chi connectivity index (χ1v) is 5.90. The normalized spacial score (nSPS) is 10.7. The molecular formula is C12H19N3O3. The zero-order chi connectivity index (χ0) is 13.7. The molecule has 100 valence electrons. The average Bonchev–Trinajstić information content (AvgIpc) is 2.72. The maximum absolute atomic E-state index is 11.9. The van der Waals surface area contributed by atoms with Gasteiger partial charge in [-0.2, -0.15) is 5.10 Å². The van der Waals surface area contributed by atoms with Crippen LogP contribution in [-0.2, 0) is 11.3 Å². The van der Waals surface area contributed by atoms with Crippen LogP contribution in [0.15, 0.2) is 12.4 Å². The molecule has 0 saturated heterocycles. The third kappa shape index (κ3) is 4.20. The van der Waals surface area contributed by atoms with Crippen molar-refractivity contribution in [1.82, 2.24) is 14.7 Å². The highest BCUT2D eigenvalue weighted by Crippen LogP contribution is 2.05. The van der Waals surface area contributed by atoms with E-state index in [0.717, 1.165) is 6.54 Å². The highest BCUT2D eigenvalue weighted by Gasteiger charge is 2.14. The first kappa shape index (κ1) is 14.2. The van der Waals surface area contributed by atoms with Crippen LogP contribution in [0.2, 0.25) is 0 Å². The summed E-state index contributed by atoms with van der Waals surface area (Å²) in [5, 5.41) is 12.7. The highest BCUT2D eigenvalue weighted by atomic mass is 16.4. The predicted molar refractivity (Wildman–Crippen MR) is 66.3 cm³/mol. The second-order valence-corrected chi connectivity index (χ2v) is 4.72. The third-order valence-corrected chi connectivity index (χ3v) is 2.44. The Morgan fingerprint density at radius 2 is 2.17 bits per heavy atom. The van der Waals surface area contributed by atoms with Crippen molar-refractivity contribution in [2.45, 2.75) is 26.8 Å². The Hall–Kier alpha value is -1.85. The van der Waals surface area contributed by atoms with Crippen molar-refractivity contribution in [2.24, 2.45) is 5.92 Å². The van der Waals surface area contributed by atoms with Crippen molar-refractivity contribution in [1.29, 1.82) is 0 Å². The standard InChI is InChI=1S/C12H19N3O3/c1-9(2)7-15-8-10(6-13-15)12(18)14(3)5-4-11(16)17/h6,8-9H,4-5,7H2,1-3H3,(H,16,17). The van der Waals surface area contributed by atoms with Crippen molar-refractivity contribution in [3.05, 3.63) is 18.0 Å². The summed E-state index contributed by atoms with van der Waals surface area (Å²) in [7, 11) is 1.59. The first-order chi connectivity index (χ1) is 8.40. The molecule has 18 heavy (non-hydrogen) atoms. The molecule has 1 amide bonds. The Morgan fingerprint density at radius 3 is 2.72 bits per heavy atom. The fraction of sp³-hybridized carbons (Fsp3) is 0.583. The van der Waals surface area contributed by atoms with E-state index in [9.17, 15) is 9.59 Å². The van der Waals surface area contributed by atoms with Gasteiger partial charge < -0.3 is 10.0 Å². The summed E-state index contributed by atoms with van der Waals surface area (Å²) in [5.41, 5.74) is 0.489. The Kier molecular flexibility index (Phi) is 4.88. The summed E-state index contributed by atoms with van der Waals surface area (Å²) in [5.74, 6) is -0.658. The van der Waals surface area contributed by atoms with E-state index in [1.807, 2.05) is 0 Å². The summed E-state index contributed by atoms with van der Waals surface area (Å²) >= 11 is 0. The van der Waals surface area contributed by atoms with Gasteiger partial charge in [-0.25, -0.2) is 0 Å². The van der Waals surface area contributed by atoms with Gasteiger partial charge >= 0.3 is 5.97 Å². The van der Waals surface area contributed by atoms with Crippen LogP contribution < -0.4 is 0 Å². The highest BCUT2D eigenvalue weighted by molar-refractivity contribution is 5.93. The number of hydrogen-bond acceptors (Lipinski definition) is 3. The molecule has 0 aliphatic rings. The zero-order valence-corrected chi connectivity index (χ0v) is 11.0. The van der Waals surface area contributed by atoms with E-state index >= 15 is 0 Å². The van der Waals surface area contributed by atoms with Crippen molar-refractivity contribution in [2.75, 3.05) is 13.6 Å². The van der Waals surface area contributed by atoms with Gasteiger partial charge in [0.2, 0.25) is 0 Å². The number of amides is 1. The van der Waals surface area contributed by atoms with E-state index in [1.165, 1.54) is 11.1 Å². The van der Waals surface area contributed by atoms with Gasteiger partial charge in [-0.15, -0.1) is 0 Å². The van der Waals surface area contributed by atoms with Crippen LogP contribution in [0.1, 0.15) is 30.6 Å². The van der Waals surface area contributed by atoms with Crippen LogP contribution in [0.25, 0.3) is 0 Å². The number of carboxylic acids is 1. The van der Waals surface area contributed by atoms with E-state index in [-0.39, 0.29) is 18.9 Å². The Bertz CT molecular complexity index is 426. The van der Waals surface area contributed by atoms with Gasteiger partial charge in [-0.1, -0.05) is 13.8 Å². The van der Waals surface area contributed by atoms with Crippen LogP contribution in [0.5, 0.6) is 0 Å². The maximum Gasteiger partial charge on any atom is 0.305 e. The van der Waals surface area contributed by atoms with E-state index in [2.05, 4.69) is 18.9 Å². The summed E-state index contributed by atoms with van der Waals surface area (Å²) in [4.78, 5) is 23.8. The van der Waals surface area contributed by atoms with Gasteiger partial charge in [0.1, 0.15) is 0 Å². The topological polar surface area (TPSA) is 75.4 Å². The minimum Gasteiger partial charge on any atom is -0.481 e. The van der Waals surface area contributed by atoms with Gasteiger partial charge in [0.15, 0.2) is 0 Å². The van der Waals surface area contributed by atoms with Gasteiger partial charge in [-0.05, 0) is 5.92 Å². The number of nitrogens with zero attached hydrogens (tertiary/aromatic N) is 3. The van der Waals surface area contributed by atoms with Crippen LogP contribution in [0.4, 0.5) is 0 Å². The van der Waals surface area contributed by atoms with Crippen molar-refractivity contribution < 1.29 is 14.7 Å². The Labute approximate surface area is 106 Å². The monoisotopic (exact) mass is 253 g/mol. The summed E-state index contributed by atoms with van der Waals surface area (Å²) in [6.07, 6.45) is 3.16. The van der Waals surface area contributed by atoms with Crippen molar-refractivity contribution in [3.8, 4) is 0 Å². The van der Waals surface area contributed by atoms with Crippen LogP contribution in [0, 0.1) is 5.92 Å². The molecule has 0 radical (unpaired) electrons. The van der Waals surface area contributed by atoms with E-state index in [0.29, 0.717) is 11.5 Å². The lowest BCUT2D eigenvalue weighted by Gasteiger charge is -2.14. The number of carbonyl (C=O) groups is 2. The molecule has 1 N–H and O–H groups in total. The molecule has 1 aromatic heterocycles. The smallest absolute Gasteiger partial charge is 0.305 e. The number of aliphatic carboxylic acids is 1. The van der Waals surface area contributed by atoms with E-state index < -0.39 is 5.97 Å². The summed E-state index contributed by atoms with van der Waals surface area (Å²) in [6, 6.07) is 0. The molecule has 0 aliphatic heterocycles. The lowest BCUT2D eigenvalue weighted by molar-refractivity contribution is -0.137. The second-order valence-electron chi connectivity index (χ2n) is 4.72. The Balaban J connectivity index is 2.60. The SMILES string of the molecule is CC(C)Cn1cc(C(=O)N(C)CCC(=O)O)cn1. The summed E-state index contributed by atoms with van der Waals surface area (Å²) < 4.78 is 1.73. The van der Waals surface area contributed by atoms with Crippen LogP contribution in [0.3, 0.4) is 0 Å². The minimum atomic E-state index is -0.912. The largest absolute Gasteiger partial charge is 0.481 e. The molecule has 1 aromatic rings. The quantitative estimate of drug-likeness (QED) is 0.823. The molecule has 0 spiro atoms. The summed E-state index contributed by atoms with van der Waals surface area (Å²) in [6.45, 7) is 5.10. The lowest BCUT2D eigenvalue weighted by atomic mass is 10.2. The van der Waals surface area contributed by atoms with Crippen molar-refractivity contribution in [3.63, 3.8) is 0 Å². The molecule has 0 unspecified atom stereocenters. The fourth-order valence-electron chi connectivity index (χ4n) is 1.53. The predicted octanol–water partition coefficient (Wildman–Crippen LogP) is 1.09. The minimum absolute atomic E-state index is 0.0532. The van der Waals surface area contributed by atoms with Gasteiger partial charge in [0, 0.05) is 26.3 Å². The van der Waals surface area contributed by atoms with Gasteiger partial charge in [-0.3, -0.25) is 14.3 Å².